The monoisotopic (exact) mass is 177 g/mol. The Morgan fingerprint density at radius 1 is 1.64 bits per heavy atom. The number of hydrogen-bond donors (Lipinski definition) is 1. The number of carbonyl (C=O) groups is 1. The van der Waals surface area contributed by atoms with Crippen molar-refractivity contribution in [2.45, 2.75) is 13.3 Å². The molecule has 1 heterocycles. The highest BCUT2D eigenvalue weighted by molar-refractivity contribution is 7.85. The molecule has 6 heteroatoms. The summed E-state index contributed by atoms with van der Waals surface area (Å²) in [4.78, 5) is 10.6. The van der Waals surface area contributed by atoms with E-state index in [9.17, 15) is 13.2 Å². The summed E-state index contributed by atoms with van der Waals surface area (Å²) in [6.45, 7) is 1.69. The van der Waals surface area contributed by atoms with Gasteiger partial charge in [-0.1, -0.05) is 6.92 Å². The Morgan fingerprint density at radius 2 is 2.27 bits per heavy atom. The molecule has 0 saturated carbocycles. The van der Waals surface area contributed by atoms with Gasteiger partial charge in [0.05, 0.1) is 0 Å². The minimum Gasteiger partial charge on any atom is -0.371 e. The highest BCUT2D eigenvalue weighted by Gasteiger charge is 2.21. The molecule has 1 N–H and O–H groups in total. The van der Waals surface area contributed by atoms with Crippen molar-refractivity contribution >= 4 is 16.2 Å². The van der Waals surface area contributed by atoms with Crippen molar-refractivity contribution in [1.29, 1.82) is 0 Å². The van der Waals surface area contributed by atoms with Crippen LogP contribution in [0.5, 0.6) is 0 Å². The van der Waals surface area contributed by atoms with E-state index in [1.807, 2.05) is 0 Å². The summed E-state index contributed by atoms with van der Waals surface area (Å²) in [6, 6.07) is 0. The van der Waals surface area contributed by atoms with E-state index in [0.717, 1.165) is 6.08 Å². The zero-order valence-electron chi connectivity index (χ0n) is 5.83. The normalized spacial score (nSPS) is 21.5. The van der Waals surface area contributed by atoms with E-state index in [-0.39, 0.29) is 5.76 Å². The summed E-state index contributed by atoms with van der Waals surface area (Å²) in [5.74, 6) is -0.498. The minimum atomic E-state index is -3.86. The van der Waals surface area contributed by atoms with Crippen molar-refractivity contribution in [3.8, 4) is 0 Å². The van der Waals surface area contributed by atoms with Gasteiger partial charge in [-0.3, -0.25) is 4.79 Å². The highest BCUT2D eigenvalue weighted by Crippen LogP contribution is 2.10. The fraction of sp³-hybridized carbons (Fsp3) is 0.400. The number of rotatable bonds is 1. The van der Waals surface area contributed by atoms with Gasteiger partial charge in [0, 0.05) is 12.5 Å². The third kappa shape index (κ3) is 1.94. The molecule has 62 valence electrons. The van der Waals surface area contributed by atoms with E-state index in [1.54, 1.807) is 11.6 Å². The quantitative estimate of drug-likeness (QED) is 0.595. The molecule has 1 rings (SSSR count). The van der Waals surface area contributed by atoms with E-state index in [1.165, 1.54) is 0 Å². The van der Waals surface area contributed by atoms with Crippen LogP contribution >= 0.6 is 0 Å². The van der Waals surface area contributed by atoms with Gasteiger partial charge >= 0.3 is 10.3 Å². The fourth-order valence-electron chi connectivity index (χ4n) is 0.646. The summed E-state index contributed by atoms with van der Waals surface area (Å²) < 4.78 is 27.3. The SMILES string of the molecule is CCC1=CC(=O)NS(=O)(=O)O1. The number of nitrogens with one attached hydrogen (secondary N) is 1. The number of allylic oxidation sites excluding steroid dienone is 1. The maximum absolute atomic E-state index is 10.6. The van der Waals surface area contributed by atoms with Crippen LogP contribution in [0.2, 0.25) is 0 Å². The Kier molecular flexibility index (Phi) is 1.86. The molecule has 1 aliphatic heterocycles. The van der Waals surface area contributed by atoms with Gasteiger partial charge in [-0.15, -0.1) is 0 Å². The Balaban J connectivity index is 2.96. The molecule has 0 aromatic heterocycles. The Bertz CT molecular complexity index is 302. The van der Waals surface area contributed by atoms with Crippen molar-refractivity contribution in [2.75, 3.05) is 0 Å². The average molecular weight is 177 g/mol. The Labute approximate surface area is 64.3 Å². The van der Waals surface area contributed by atoms with Crippen LogP contribution in [-0.2, 0) is 19.3 Å². The van der Waals surface area contributed by atoms with Gasteiger partial charge in [0.15, 0.2) is 0 Å². The van der Waals surface area contributed by atoms with Crippen molar-refractivity contribution in [1.82, 2.24) is 4.72 Å². The molecule has 11 heavy (non-hydrogen) atoms. The van der Waals surface area contributed by atoms with Gasteiger partial charge in [-0.05, 0) is 0 Å². The van der Waals surface area contributed by atoms with Crippen LogP contribution in [0.3, 0.4) is 0 Å². The van der Waals surface area contributed by atoms with Crippen LogP contribution in [0.15, 0.2) is 11.8 Å². The lowest BCUT2D eigenvalue weighted by atomic mass is 10.3. The van der Waals surface area contributed by atoms with E-state index in [0.29, 0.717) is 6.42 Å². The van der Waals surface area contributed by atoms with Crippen LogP contribution in [0.1, 0.15) is 13.3 Å². The molecule has 0 aliphatic carbocycles. The molecule has 0 saturated heterocycles. The second kappa shape index (κ2) is 2.54. The first kappa shape index (κ1) is 8.06. The topological polar surface area (TPSA) is 72.5 Å². The van der Waals surface area contributed by atoms with Gasteiger partial charge in [-0.25, -0.2) is 4.72 Å². The Morgan fingerprint density at radius 3 is 2.73 bits per heavy atom. The third-order valence-electron chi connectivity index (χ3n) is 1.08. The maximum Gasteiger partial charge on any atom is 0.409 e. The van der Waals surface area contributed by atoms with E-state index in [4.69, 9.17) is 0 Å². The van der Waals surface area contributed by atoms with E-state index in [2.05, 4.69) is 4.18 Å². The third-order valence-corrected chi connectivity index (χ3v) is 1.97. The van der Waals surface area contributed by atoms with E-state index < -0.39 is 16.2 Å². The molecule has 1 aliphatic rings. The first-order valence-electron chi connectivity index (χ1n) is 3.00. The van der Waals surface area contributed by atoms with E-state index >= 15 is 0 Å². The largest absolute Gasteiger partial charge is 0.409 e. The molecule has 5 nitrogen and oxygen atoms in total. The van der Waals surface area contributed by atoms with Crippen molar-refractivity contribution in [3.05, 3.63) is 11.8 Å². The molecule has 0 spiro atoms. The second-order valence-corrected chi connectivity index (χ2v) is 3.25. The molecule has 0 atom stereocenters. The first-order chi connectivity index (χ1) is 5.03. The zero-order valence-corrected chi connectivity index (χ0v) is 6.64. The fourth-order valence-corrected chi connectivity index (χ4v) is 1.44. The van der Waals surface area contributed by atoms with Gasteiger partial charge in [0.25, 0.3) is 5.91 Å². The molecular formula is C5H7NO4S. The predicted octanol–water partition coefficient (Wildman–Crippen LogP) is -0.328. The number of amides is 1. The summed E-state index contributed by atoms with van der Waals surface area (Å²) in [5, 5.41) is 0. The molecular weight excluding hydrogens is 170 g/mol. The summed E-state index contributed by atoms with van der Waals surface area (Å²) >= 11 is 0. The van der Waals surface area contributed by atoms with Crippen LogP contribution in [0.25, 0.3) is 0 Å². The summed E-state index contributed by atoms with van der Waals surface area (Å²) in [7, 11) is -3.86. The number of hydrogen-bond acceptors (Lipinski definition) is 4. The van der Waals surface area contributed by atoms with Gasteiger partial charge in [-0.2, -0.15) is 8.42 Å². The highest BCUT2D eigenvalue weighted by atomic mass is 32.2. The standard InChI is InChI=1S/C5H7NO4S/c1-2-4-3-5(7)6-11(8,9)10-4/h3H,2H2,1H3,(H,6,7). The van der Waals surface area contributed by atoms with Gasteiger partial charge in [0.2, 0.25) is 0 Å². The van der Waals surface area contributed by atoms with Gasteiger partial charge in [0.1, 0.15) is 5.76 Å². The molecule has 0 aromatic carbocycles. The van der Waals surface area contributed by atoms with Crippen molar-refractivity contribution in [3.63, 3.8) is 0 Å². The predicted molar refractivity (Wildman–Crippen MR) is 36.5 cm³/mol. The summed E-state index contributed by atoms with van der Waals surface area (Å²) in [5.41, 5.74) is 0. The molecule has 0 fully saturated rings. The lowest BCUT2D eigenvalue weighted by molar-refractivity contribution is -0.115. The van der Waals surface area contributed by atoms with Crippen LogP contribution in [0.4, 0.5) is 0 Å². The molecule has 1 amide bonds. The molecule has 0 bridgehead atoms. The van der Waals surface area contributed by atoms with Crippen LogP contribution in [0, 0.1) is 0 Å². The van der Waals surface area contributed by atoms with Crippen molar-refractivity contribution < 1.29 is 17.4 Å². The maximum atomic E-state index is 10.6. The second-order valence-electron chi connectivity index (χ2n) is 1.97. The lowest BCUT2D eigenvalue weighted by Gasteiger charge is -2.12. The molecule has 0 unspecified atom stereocenters. The van der Waals surface area contributed by atoms with Gasteiger partial charge < -0.3 is 4.18 Å². The molecule has 0 aromatic rings. The smallest absolute Gasteiger partial charge is 0.371 e. The van der Waals surface area contributed by atoms with Crippen LogP contribution in [-0.4, -0.2) is 14.3 Å². The Hall–Kier alpha value is -1.04. The average Bonchev–Trinajstić information content (AvgIpc) is 1.83. The lowest BCUT2D eigenvalue weighted by Crippen LogP contribution is -2.34. The first-order valence-corrected chi connectivity index (χ1v) is 4.41. The summed E-state index contributed by atoms with van der Waals surface area (Å²) in [6.07, 6.45) is 1.49. The van der Waals surface area contributed by atoms with Crippen LogP contribution < -0.4 is 4.72 Å². The molecule has 0 radical (unpaired) electrons. The number of carbonyl (C=O) groups excluding carboxylic acids is 1. The van der Waals surface area contributed by atoms with Crippen molar-refractivity contribution in [2.24, 2.45) is 0 Å². The minimum absolute atomic E-state index is 0.161. The zero-order chi connectivity index (χ0) is 8.48.